The summed E-state index contributed by atoms with van der Waals surface area (Å²) in [6.45, 7) is 0.265. The molecule has 0 amide bonds. The normalized spacial score (nSPS) is 11.5. The molecule has 0 heterocycles. The van der Waals surface area contributed by atoms with Gasteiger partial charge in [0.15, 0.2) is 0 Å². The maximum atomic E-state index is 12.9. The number of rotatable bonds is 4. The van der Waals surface area contributed by atoms with Crippen molar-refractivity contribution in [1.29, 1.82) is 0 Å². The zero-order valence-corrected chi connectivity index (χ0v) is 10.7. The van der Waals surface area contributed by atoms with Crippen molar-refractivity contribution < 1.29 is 22.6 Å². The van der Waals surface area contributed by atoms with Crippen molar-refractivity contribution in [2.45, 2.75) is 12.6 Å². The van der Waals surface area contributed by atoms with E-state index in [0.717, 1.165) is 7.11 Å². The topological polar surface area (TPSA) is 44.5 Å². The van der Waals surface area contributed by atoms with Crippen LogP contribution >= 0.6 is 11.6 Å². The van der Waals surface area contributed by atoms with Crippen LogP contribution in [0.3, 0.4) is 0 Å². The number of ether oxygens (including phenoxy) is 2. The second-order valence-electron chi connectivity index (χ2n) is 3.50. The average molecular weight is 284 g/mol. The van der Waals surface area contributed by atoms with Crippen LogP contribution in [-0.4, -0.2) is 20.8 Å². The average Bonchev–Trinajstić information content (AvgIpc) is 2.27. The predicted octanol–water partition coefficient (Wildman–Crippen LogP) is 2.88. The van der Waals surface area contributed by atoms with Crippen molar-refractivity contribution in [1.82, 2.24) is 0 Å². The Hall–Kier alpha value is -1.14. The molecule has 1 aromatic rings. The summed E-state index contributed by atoms with van der Waals surface area (Å²) < 4.78 is 48.3. The highest BCUT2D eigenvalue weighted by Crippen LogP contribution is 2.46. The Morgan fingerprint density at radius 3 is 2.28 bits per heavy atom. The summed E-state index contributed by atoms with van der Waals surface area (Å²) >= 11 is 5.75. The first-order valence-corrected chi connectivity index (χ1v) is 5.45. The van der Waals surface area contributed by atoms with Crippen LogP contribution in [0, 0.1) is 0 Å². The van der Waals surface area contributed by atoms with E-state index in [2.05, 4.69) is 0 Å². The zero-order chi connectivity index (χ0) is 13.9. The maximum Gasteiger partial charge on any atom is 0.421 e. The number of benzene rings is 1. The molecule has 0 spiro atoms. The van der Waals surface area contributed by atoms with Gasteiger partial charge in [0.05, 0.1) is 19.2 Å². The standard InChI is InChI=1S/C11H13ClF3NO2/c1-17-7-5-6(3-4-16)10(18-2)9(12)8(7)11(13,14)15/h5H,3-4,16H2,1-2H3. The molecule has 0 fully saturated rings. The van der Waals surface area contributed by atoms with Crippen LogP contribution in [-0.2, 0) is 12.6 Å². The van der Waals surface area contributed by atoms with Gasteiger partial charge in [-0.05, 0) is 19.0 Å². The lowest BCUT2D eigenvalue weighted by molar-refractivity contribution is -0.138. The van der Waals surface area contributed by atoms with Crippen LogP contribution in [0.15, 0.2) is 6.07 Å². The van der Waals surface area contributed by atoms with Gasteiger partial charge in [-0.2, -0.15) is 13.2 Å². The summed E-state index contributed by atoms with van der Waals surface area (Å²) in [5, 5.41) is -0.507. The van der Waals surface area contributed by atoms with E-state index < -0.39 is 16.8 Å². The summed E-state index contributed by atoms with van der Waals surface area (Å²) in [5.74, 6) is -0.355. The Bertz CT molecular complexity index is 435. The van der Waals surface area contributed by atoms with Crippen LogP contribution in [0.5, 0.6) is 11.5 Å². The molecule has 0 radical (unpaired) electrons. The fraction of sp³-hybridized carbons (Fsp3) is 0.455. The van der Waals surface area contributed by atoms with E-state index in [1.807, 2.05) is 0 Å². The highest BCUT2D eigenvalue weighted by Gasteiger charge is 2.39. The molecule has 1 rings (SSSR count). The molecule has 0 aromatic heterocycles. The summed E-state index contributed by atoms with van der Waals surface area (Å²) in [6.07, 6.45) is -4.27. The Kier molecular flexibility index (Phi) is 4.70. The number of hydrogen-bond acceptors (Lipinski definition) is 3. The molecule has 18 heavy (non-hydrogen) atoms. The van der Waals surface area contributed by atoms with E-state index in [4.69, 9.17) is 26.8 Å². The molecule has 1 aromatic carbocycles. The summed E-state index contributed by atoms with van der Waals surface area (Å²) in [6, 6.07) is 1.25. The smallest absolute Gasteiger partial charge is 0.421 e. The third-order valence-electron chi connectivity index (χ3n) is 2.38. The molecule has 0 bridgehead atoms. The third-order valence-corrected chi connectivity index (χ3v) is 2.74. The van der Waals surface area contributed by atoms with Gasteiger partial charge in [0.1, 0.15) is 17.1 Å². The van der Waals surface area contributed by atoms with Gasteiger partial charge in [0.25, 0.3) is 0 Å². The summed E-state index contributed by atoms with van der Waals surface area (Å²) in [4.78, 5) is 0. The minimum atomic E-state index is -4.61. The molecule has 0 unspecified atom stereocenters. The molecule has 0 atom stereocenters. The lowest BCUT2D eigenvalue weighted by Gasteiger charge is -2.18. The van der Waals surface area contributed by atoms with Gasteiger partial charge < -0.3 is 15.2 Å². The minimum absolute atomic E-state index is 0.0183. The second kappa shape index (κ2) is 5.67. The molecule has 0 aliphatic rings. The van der Waals surface area contributed by atoms with E-state index in [9.17, 15) is 13.2 Å². The highest BCUT2D eigenvalue weighted by molar-refractivity contribution is 6.33. The summed E-state index contributed by atoms with van der Waals surface area (Å²) in [5.41, 5.74) is 4.83. The number of halogens is 4. The first kappa shape index (κ1) is 14.9. The molecule has 0 saturated heterocycles. The van der Waals surface area contributed by atoms with Gasteiger partial charge in [-0.1, -0.05) is 11.6 Å². The molecular formula is C11H13ClF3NO2. The minimum Gasteiger partial charge on any atom is -0.496 e. The van der Waals surface area contributed by atoms with Crippen molar-refractivity contribution in [3.63, 3.8) is 0 Å². The number of hydrogen-bond donors (Lipinski definition) is 1. The molecule has 3 nitrogen and oxygen atoms in total. The largest absolute Gasteiger partial charge is 0.496 e. The number of nitrogens with two attached hydrogens (primary N) is 1. The van der Waals surface area contributed by atoms with Crippen LogP contribution in [0.4, 0.5) is 13.2 Å². The first-order valence-electron chi connectivity index (χ1n) is 5.07. The monoisotopic (exact) mass is 283 g/mol. The van der Waals surface area contributed by atoms with Gasteiger partial charge in [0.2, 0.25) is 0 Å². The Labute approximate surface area is 108 Å². The van der Waals surface area contributed by atoms with E-state index in [1.54, 1.807) is 0 Å². The number of methoxy groups -OCH3 is 2. The van der Waals surface area contributed by atoms with Crippen molar-refractivity contribution in [3.05, 3.63) is 22.2 Å². The molecular weight excluding hydrogens is 271 g/mol. The van der Waals surface area contributed by atoms with Gasteiger partial charge in [0, 0.05) is 5.56 Å². The molecule has 0 saturated carbocycles. The molecule has 0 aliphatic carbocycles. The highest BCUT2D eigenvalue weighted by atomic mass is 35.5. The molecule has 7 heteroatoms. The first-order chi connectivity index (χ1) is 8.36. The van der Waals surface area contributed by atoms with E-state index in [1.165, 1.54) is 13.2 Å². The van der Waals surface area contributed by atoms with Gasteiger partial charge in [-0.3, -0.25) is 0 Å². The Balaban J connectivity index is 3.53. The van der Waals surface area contributed by atoms with Crippen LogP contribution in [0.2, 0.25) is 5.02 Å². The SMILES string of the molecule is COc1cc(CCN)c(OC)c(Cl)c1C(F)(F)F. The predicted molar refractivity (Wildman–Crippen MR) is 62.3 cm³/mol. The number of alkyl halides is 3. The quantitative estimate of drug-likeness (QED) is 0.924. The Morgan fingerprint density at radius 2 is 1.89 bits per heavy atom. The van der Waals surface area contributed by atoms with E-state index >= 15 is 0 Å². The summed E-state index contributed by atoms with van der Waals surface area (Å²) in [7, 11) is 2.41. The van der Waals surface area contributed by atoms with E-state index in [0.29, 0.717) is 12.0 Å². The van der Waals surface area contributed by atoms with Crippen molar-refractivity contribution >= 4 is 11.6 Å². The fourth-order valence-corrected chi connectivity index (χ4v) is 2.04. The molecule has 0 aliphatic heterocycles. The lowest BCUT2D eigenvalue weighted by Crippen LogP contribution is -2.12. The van der Waals surface area contributed by atoms with Crippen LogP contribution in [0.1, 0.15) is 11.1 Å². The third kappa shape index (κ3) is 2.81. The van der Waals surface area contributed by atoms with Crippen molar-refractivity contribution in [3.8, 4) is 11.5 Å². The van der Waals surface area contributed by atoms with Gasteiger partial charge in [-0.25, -0.2) is 0 Å². The van der Waals surface area contributed by atoms with Crippen LogP contribution in [0.25, 0.3) is 0 Å². The van der Waals surface area contributed by atoms with Crippen molar-refractivity contribution in [2.75, 3.05) is 20.8 Å². The Morgan fingerprint density at radius 1 is 1.28 bits per heavy atom. The second-order valence-corrected chi connectivity index (χ2v) is 3.87. The van der Waals surface area contributed by atoms with Gasteiger partial charge >= 0.3 is 6.18 Å². The van der Waals surface area contributed by atoms with E-state index in [-0.39, 0.29) is 18.0 Å². The van der Waals surface area contributed by atoms with Gasteiger partial charge in [-0.15, -0.1) is 0 Å². The lowest BCUT2D eigenvalue weighted by atomic mass is 10.1. The maximum absolute atomic E-state index is 12.9. The van der Waals surface area contributed by atoms with Crippen molar-refractivity contribution in [2.24, 2.45) is 5.73 Å². The molecule has 102 valence electrons. The zero-order valence-electron chi connectivity index (χ0n) is 9.90. The van der Waals surface area contributed by atoms with Crippen LogP contribution < -0.4 is 15.2 Å². The fourth-order valence-electron chi connectivity index (χ4n) is 1.65. The molecule has 2 N–H and O–H groups in total.